The van der Waals surface area contributed by atoms with Gasteiger partial charge in [-0.2, -0.15) is 4.72 Å². The van der Waals surface area contributed by atoms with Crippen molar-refractivity contribution in [3.8, 4) is 0 Å². The third-order valence-electron chi connectivity index (χ3n) is 2.18. The molecule has 0 aliphatic carbocycles. The molecule has 104 valence electrons. The molecule has 0 bridgehead atoms. The number of benzene rings is 1. The van der Waals surface area contributed by atoms with E-state index in [0.717, 1.165) is 12.1 Å². The van der Waals surface area contributed by atoms with Gasteiger partial charge in [0.05, 0.1) is 0 Å². The number of rotatable bonds is 6. The topological polar surface area (TPSA) is 83.5 Å². The Balaban J connectivity index is 3.09. The lowest BCUT2D eigenvalue weighted by Crippen LogP contribution is -2.40. The van der Waals surface area contributed by atoms with E-state index in [1.807, 2.05) is 4.72 Å². The average molecular weight is 352 g/mol. The van der Waals surface area contributed by atoms with Gasteiger partial charge in [0.15, 0.2) is 0 Å². The van der Waals surface area contributed by atoms with Crippen LogP contribution in [-0.2, 0) is 14.8 Å². The van der Waals surface area contributed by atoms with Gasteiger partial charge >= 0.3 is 5.97 Å². The van der Waals surface area contributed by atoms with Crippen LogP contribution in [0.25, 0.3) is 0 Å². The van der Waals surface area contributed by atoms with Gasteiger partial charge in [-0.1, -0.05) is 22.0 Å². The maximum atomic E-state index is 13.6. The smallest absolute Gasteiger partial charge is 0.322 e. The first kappa shape index (κ1) is 15.8. The van der Waals surface area contributed by atoms with Crippen molar-refractivity contribution >= 4 is 31.9 Å². The fraction of sp³-hybridized carbons (Fsp3) is 0.182. The summed E-state index contributed by atoms with van der Waals surface area (Å²) in [5.74, 6) is -2.33. The van der Waals surface area contributed by atoms with Crippen molar-refractivity contribution in [1.82, 2.24) is 4.72 Å². The summed E-state index contributed by atoms with van der Waals surface area (Å²) in [5, 5.41) is 8.85. The van der Waals surface area contributed by atoms with Crippen LogP contribution >= 0.6 is 15.9 Å². The summed E-state index contributed by atoms with van der Waals surface area (Å²) in [4.78, 5) is 10.3. The molecule has 0 saturated heterocycles. The maximum Gasteiger partial charge on any atom is 0.322 e. The first-order valence-corrected chi connectivity index (χ1v) is 7.36. The lowest BCUT2D eigenvalue weighted by Gasteiger charge is -2.13. The van der Waals surface area contributed by atoms with E-state index in [1.165, 1.54) is 12.1 Å². The molecule has 0 heterocycles. The highest BCUT2D eigenvalue weighted by atomic mass is 79.9. The minimum Gasteiger partial charge on any atom is -0.480 e. The van der Waals surface area contributed by atoms with Gasteiger partial charge in [0.2, 0.25) is 10.0 Å². The first-order valence-electron chi connectivity index (χ1n) is 5.09. The standard InChI is InChI=1S/C11H11BrFNO4S/c1-2-3-9(11(15)16)14-19(17,18)10-5-4-7(12)6-8(10)13/h2,4-6,9,14H,1,3H2,(H,15,16). The largest absolute Gasteiger partial charge is 0.480 e. The Morgan fingerprint density at radius 2 is 2.21 bits per heavy atom. The molecule has 0 spiro atoms. The van der Waals surface area contributed by atoms with Crippen LogP contribution < -0.4 is 4.72 Å². The maximum absolute atomic E-state index is 13.6. The molecular formula is C11H11BrFNO4S. The number of aliphatic carboxylic acids is 1. The van der Waals surface area contributed by atoms with E-state index in [1.54, 1.807) is 0 Å². The molecule has 2 N–H and O–H groups in total. The lowest BCUT2D eigenvalue weighted by molar-refractivity contribution is -0.138. The zero-order valence-corrected chi connectivity index (χ0v) is 12.0. The molecule has 0 radical (unpaired) electrons. The second-order valence-electron chi connectivity index (χ2n) is 3.61. The van der Waals surface area contributed by atoms with Crippen molar-refractivity contribution in [3.05, 3.63) is 41.1 Å². The minimum atomic E-state index is -4.25. The Morgan fingerprint density at radius 3 is 2.68 bits per heavy atom. The predicted octanol–water partition coefficient (Wildman–Crippen LogP) is 1.90. The molecule has 1 aromatic rings. The fourth-order valence-corrected chi connectivity index (χ4v) is 2.90. The Bertz CT molecular complexity index is 603. The highest BCUT2D eigenvalue weighted by molar-refractivity contribution is 9.10. The van der Waals surface area contributed by atoms with Crippen LogP contribution in [0.5, 0.6) is 0 Å². The zero-order valence-electron chi connectivity index (χ0n) is 9.64. The summed E-state index contributed by atoms with van der Waals surface area (Å²) in [5.41, 5.74) is 0. The van der Waals surface area contributed by atoms with E-state index in [4.69, 9.17) is 5.11 Å². The molecule has 0 aliphatic heterocycles. The van der Waals surface area contributed by atoms with Gasteiger partial charge in [0.1, 0.15) is 16.8 Å². The van der Waals surface area contributed by atoms with E-state index in [9.17, 15) is 17.6 Å². The quantitative estimate of drug-likeness (QED) is 0.766. The summed E-state index contributed by atoms with van der Waals surface area (Å²) in [6.07, 6.45) is 1.16. The van der Waals surface area contributed by atoms with E-state index in [-0.39, 0.29) is 6.42 Å². The highest BCUT2D eigenvalue weighted by Gasteiger charge is 2.26. The number of carboxylic acid groups (broad SMARTS) is 1. The van der Waals surface area contributed by atoms with Crippen LogP contribution in [0.1, 0.15) is 6.42 Å². The van der Waals surface area contributed by atoms with Gasteiger partial charge in [0, 0.05) is 4.47 Å². The minimum absolute atomic E-state index is 0.104. The molecule has 0 fully saturated rings. The van der Waals surface area contributed by atoms with Gasteiger partial charge in [-0.25, -0.2) is 12.8 Å². The summed E-state index contributed by atoms with van der Waals surface area (Å²) in [6, 6.07) is 2.00. The van der Waals surface area contributed by atoms with E-state index in [0.29, 0.717) is 4.47 Å². The van der Waals surface area contributed by atoms with Crippen LogP contribution in [0.4, 0.5) is 4.39 Å². The average Bonchev–Trinajstić information content (AvgIpc) is 2.27. The Labute approximate surface area is 118 Å². The van der Waals surface area contributed by atoms with Crippen molar-refractivity contribution in [1.29, 1.82) is 0 Å². The molecule has 0 saturated carbocycles. The van der Waals surface area contributed by atoms with Gasteiger partial charge in [-0.3, -0.25) is 4.79 Å². The lowest BCUT2D eigenvalue weighted by atomic mass is 10.2. The van der Waals surface area contributed by atoms with Crippen LogP contribution in [0.2, 0.25) is 0 Å². The SMILES string of the molecule is C=CCC(NS(=O)(=O)c1ccc(Br)cc1F)C(=O)O. The Morgan fingerprint density at radius 1 is 1.58 bits per heavy atom. The second-order valence-corrected chi connectivity index (χ2v) is 6.21. The van der Waals surface area contributed by atoms with Crippen molar-refractivity contribution < 1.29 is 22.7 Å². The highest BCUT2D eigenvalue weighted by Crippen LogP contribution is 2.19. The van der Waals surface area contributed by atoms with Crippen LogP contribution in [0.15, 0.2) is 40.2 Å². The second kappa shape index (κ2) is 6.27. The Hall–Kier alpha value is -1.25. The summed E-state index contributed by atoms with van der Waals surface area (Å²) < 4.78 is 39.6. The normalized spacial score (nSPS) is 12.9. The molecule has 1 atom stereocenters. The van der Waals surface area contributed by atoms with E-state index < -0.39 is 32.7 Å². The molecule has 1 unspecified atom stereocenters. The number of carbonyl (C=O) groups is 1. The fourth-order valence-electron chi connectivity index (χ4n) is 1.31. The number of halogens is 2. The number of carboxylic acids is 1. The number of sulfonamides is 1. The molecular weight excluding hydrogens is 341 g/mol. The van der Waals surface area contributed by atoms with Crippen LogP contribution in [-0.4, -0.2) is 25.5 Å². The molecule has 5 nitrogen and oxygen atoms in total. The molecule has 8 heteroatoms. The monoisotopic (exact) mass is 351 g/mol. The zero-order chi connectivity index (χ0) is 14.6. The van der Waals surface area contributed by atoms with Crippen molar-refractivity contribution in [2.75, 3.05) is 0 Å². The molecule has 19 heavy (non-hydrogen) atoms. The molecule has 1 rings (SSSR count). The van der Waals surface area contributed by atoms with E-state index in [2.05, 4.69) is 22.5 Å². The number of hydrogen-bond donors (Lipinski definition) is 2. The van der Waals surface area contributed by atoms with Crippen LogP contribution in [0, 0.1) is 5.82 Å². The number of nitrogens with one attached hydrogen (secondary N) is 1. The molecule has 0 aliphatic rings. The van der Waals surface area contributed by atoms with Crippen molar-refractivity contribution in [2.45, 2.75) is 17.4 Å². The van der Waals surface area contributed by atoms with Crippen molar-refractivity contribution in [3.63, 3.8) is 0 Å². The molecule has 0 aromatic heterocycles. The van der Waals surface area contributed by atoms with E-state index >= 15 is 0 Å². The molecule has 0 amide bonds. The third-order valence-corrected chi connectivity index (χ3v) is 4.18. The first-order chi connectivity index (χ1) is 8.77. The number of hydrogen-bond acceptors (Lipinski definition) is 3. The Kier molecular flexibility index (Phi) is 5.21. The summed E-state index contributed by atoms with van der Waals surface area (Å²) in [7, 11) is -4.25. The summed E-state index contributed by atoms with van der Waals surface area (Å²) in [6.45, 7) is 3.34. The summed E-state index contributed by atoms with van der Waals surface area (Å²) >= 11 is 3.00. The van der Waals surface area contributed by atoms with Crippen LogP contribution in [0.3, 0.4) is 0 Å². The molecule has 1 aromatic carbocycles. The van der Waals surface area contributed by atoms with Gasteiger partial charge in [0.25, 0.3) is 0 Å². The predicted molar refractivity (Wildman–Crippen MR) is 70.7 cm³/mol. The third kappa shape index (κ3) is 4.12. The van der Waals surface area contributed by atoms with Gasteiger partial charge < -0.3 is 5.11 Å². The van der Waals surface area contributed by atoms with Gasteiger partial charge in [-0.05, 0) is 24.6 Å². The van der Waals surface area contributed by atoms with Gasteiger partial charge in [-0.15, -0.1) is 6.58 Å². The van der Waals surface area contributed by atoms with Crippen molar-refractivity contribution in [2.24, 2.45) is 0 Å².